The summed E-state index contributed by atoms with van der Waals surface area (Å²) in [6.07, 6.45) is -0.0170. The van der Waals surface area contributed by atoms with Crippen molar-refractivity contribution in [2.45, 2.75) is 25.0 Å². The number of aromatic nitrogens is 3. The molecule has 0 saturated carbocycles. The molecule has 0 radical (unpaired) electrons. The van der Waals surface area contributed by atoms with Gasteiger partial charge in [-0.15, -0.1) is 10.2 Å². The van der Waals surface area contributed by atoms with Gasteiger partial charge in [0.15, 0.2) is 5.16 Å². The minimum atomic E-state index is -0.317. The van der Waals surface area contributed by atoms with E-state index in [2.05, 4.69) is 20.8 Å². The molecule has 0 aliphatic carbocycles. The number of halogens is 4. The molecule has 1 aromatic heterocycles. The SMILES string of the molecule is CCn1c(CC(=O)Nc2cccc(Cl)c2Cl)nnc1SCC(=O)Nc1ccc(Cl)cc1Cl. The number of hydrogen-bond donors (Lipinski definition) is 2. The number of anilines is 2. The average Bonchev–Trinajstić information content (AvgIpc) is 3.13. The molecule has 2 aromatic carbocycles. The molecule has 3 rings (SSSR count). The lowest BCUT2D eigenvalue weighted by molar-refractivity contribution is -0.116. The summed E-state index contributed by atoms with van der Waals surface area (Å²) in [7, 11) is 0. The van der Waals surface area contributed by atoms with Gasteiger partial charge in [0, 0.05) is 11.6 Å². The van der Waals surface area contributed by atoms with E-state index < -0.39 is 0 Å². The number of nitrogens with zero attached hydrogens (tertiary/aromatic N) is 3. The summed E-state index contributed by atoms with van der Waals surface area (Å²) >= 11 is 25.2. The maximum Gasteiger partial charge on any atom is 0.234 e. The van der Waals surface area contributed by atoms with Gasteiger partial charge in [-0.05, 0) is 37.3 Å². The second-order valence-corrected chi connectivity index (χ2v) is 9.00. The summed E-state index contributed by atoms with van der Waals surface area (Å²) in [6.45, 7) is 2.43. The van der Waals surface area contributed by atoms with Crippen molar-refractivity contribution in [1.82, 2.24) is 14.8 Å². The first kappa shape index (κ1) is 24.7. The van der Waals surface area contributed by atoms with Gasteiger partial charge < -0.3 is 15.2 Å². The van der Waals surface area contributed by atoms with Gasteiger partial charge in [0.1, 0.15) is 5.82 Å². The summed E-state index contributed by atoms with van der Waals surface area (Å²) in [5, 5.41) is 15.6. The van der Waals surface area contributed by atoms with Gasteiger partial charge in [0.2, 0.25) is 11.8 Å². The molecule has 12 heteroatoms. The van der Waals surface area contributed by atoms with E-state index in [-0.39, 0.29) is 29.0 Å². The highest BCUT2D eigenvalue weighted by atomic mass is 35.5. The van der Waals surface area contributed by atoms with Crippen LogP contribution in [0.25, 0.3) is 0 Å². The molecule has 0 aliphatic rings. The topological polar surface area (TPSA) is 88.9 Å². The lowest BCUT2D eigenvalue weighted by atomic mass is 10.3. The highest BCUT2D eigenvalue weighted by molar-refractivity contribution is 7.99. The number of nitrogens with one attached hydrogen (secondary N) is 2. The van der Waals surface area contributed by atoms with E-state index in [9.17, 15) is 9.59 Å². The van der Waals surface area contributed by atoms with Crippen LogP contribution in [0.4, 0.5) is 11.4 Å². The van der Waals surface area contributed by atoms with Crippen molar-refractivity contribution in [1.29, 1.82) is 0 Å². The number of amides is 2. The van der Waals surface area contributed by atoms with E-state index >= 15 is 0 Å². The second-order valence-electron chi connectivity index (χ2n) is 6.43. The van der Waals surface area contributed by atoms with Gasteiger partial charge >= 0.3 is 0 Å². The van der Waals surface area contributed by atoms with Gasteiger partial charge in [-0.1, -0.05) is 64.2 Å². The van der Waals surface area contributed by atoms with Crippen LogP contribution in [-0.4, -0.2) is 32.3 Å². The summed E-state index contributed by atoms with van der Waals surface area (Å²) in [6, 6.07) is 9.79. The van der Waals surface area contributed by atoms with Crippen LogP contribution in [0, 0.1) is 0 Å². The molecule has 32 heavy (non-hydrogen) atoms. The number of benzene rings is 2. The molecule has 2 amide bonds. The maximum absolute atomic E-state index is 12.5. The Hall–Kier alpha value is -1.97. The van der Waals surface area contributed by atoms with E-state index in [0.717, 1.165) is 0 Å². The molecule has 0 aliphatic heterocycles. The fraction of sp³-hybridized carbons (Fsp3) is 0.200. The number of hydrogen-bond acceptors (Lipinski definition) is 5. The quantitative estimate of drug-likeness (QED) is 0.356. The molecule has 3 aromatic rings. The predicted octanol–water partition coefficient (Wildman–Crippen LogP) is 5.82. The molecule has 7 nitrogen and oxygen atoms in total. The molecule has 0 unspecified atom stereocenters. The second kappa shape index (κ2) is 11.2. The van der Waals surface area contributed by atoms with Crippen molar-refractivity contribution >= 4 is 81.4 Å². The highest BCUT2D eigenvalue weighted by Gasteiger charge is 2.17. The highest BCUT2D eigenvalue weighted by Crippen LogP contribution is 2.30. The van der Waals surface area contributed by atoms with Crippen molar-refractivity contribution in [2.75, 3.05) is 16.4 Å². The minimum Gasteiger partial charge on any atom is -0.324 e. The molecule has 0 bridgehead atoms. The van der Waals surface area contributed by atoms with Gasteiger partial charge in [-0.25, -0.2) is 0 Å². The van der Waals surface area contributed by atoms with Crippen LogP contribution >= 0.6 is 58.2 Å². The average molecular weight is 533 g/mol. The van der Waals surface area contributed by atoms with Crippen LogP contribution in [0.1, 0.15) is 12.7 Å². The Morgan fingerprint density at radius 1 is 0.969 bits per heavy atom. The molecular formula is C20H17Cl4N5O2S. The van der Waals surface area contributed by atoms with E-state index in [4.69, 9.17) is 46.4 Å². The lowest BCUT2D eigenvalue weighted by Gasteiger charge is -2.10. The molecule has 0 fully saturated rings. The number of rotatable bonds is 8. The fourth-order valence-electron chi connectivity index (χ4n) is 2.72. The van der Waals surface area contributed by atoms with Crippen molar-refractivity contribution in [3.63, 3.8) is 0 Å². The Labute approximate surface area is 208 Å². The van der Waals surface area contributed by atoms with Gasteiger partial charge in [-0.2, -0.15) is 0 Å². The molecule has 2 N–H and O–H groups in total. The fourth-order valence-corrected chi connectivity index (χ4v) is 4.34. The van der Waals surface area contributed by atoms with E-state index in [1.165, 1.54) is 11.8 Å². The Kier molecular flexibility index (Phi) is 8.67. The first-order valence-electron chi connectivity index (χ1n) is 9.32. The van der Waals surface area contributed by atoms with Gasteiger partial charge in [0.05, 0.1) is 38.6 Å². The number of carbonyl (C=O) groups is 2. The third-order valence-electron chi connectivity index (χ3n) is 4.19. The molecule has 168 valence electrons. The zero-order valence-corrected chi connectivity index (χ0v) is 20.5. The van der Waals surface area contributed by atoms with Crippen LogP contribution in [0.15, 0.2) is 41.6 Å². The van der Waals surface area contributed by atoms with E-state index in [1.807, 2.05) is 6.92 Å². The minimum absolute atomic E-state index is 0.0170. The zero-order chi connectivity index (χ0) is 23.3. The van der Waals surface area contributed by atoms with Crippen molar-refractivity contribution in [2.24, 2.45) is 0 Å². The first-order valence-corrected chi connectivity index (χ1v) is 11.8. The van der Waals surface area contributed by atoms with Gasteiger partial charge in [0.25, 0.3) is 0 Å². The third-order valence-corrected chi connectivity index (χ3v) is 6.53. The summed E-state index contributed by atoms with van der Waals surface area (Å²) in [4.78, 5) is 24.8. The largest absolute Gasteiger partial charge is 0.324 e. The summed E-state index contributed by atoms with van der Waals surface area (Å²) in [5.74, 6) is -0.0315. The zero-order valence-electron chi connectivity index (χ0n) is 16.7. The van der Waals surface area contributed by atoms with Crippen molar-refractivity contribution < 1.29 is 9.59 Å². The molecule has 0 spiro atoms. The predicted molar refractivity (Wildman–Crippen MR) is 130 cm³/mol. The first-order chi connectivity index (χ1) is 15.3. The van der Waals surface area contributed by atoms with Crippen LogP contribution < -0.4 is 10.6 Å². The smallest absolute Gasteiger partial charge is 0.234 e. The number of carbonyl (C=O) groups excluding carboxylic acids is 2. The lowest BCUT2D eigenvalue weighted by Crippen LogP contribution is -2.18. The van der Waals surface area contributed by atoms with Crippen molar-refractivity contribution in [3.8, 4) is 0 Å². The Morgan fingerprint density at radius 2 is 1.72 bits per heavy atom. The monoisotopic (exact) mass is 531 g/mol. The summed E-state index contributed by atoms with van der Waals surface area (Å²) in [5.41, 5.74) is 0.884. The standard InChI is InChI=1S/C20H17Cl4N5O2S/c1-2-29-16(9-17(30)26-15-5-3-4-12(22)19(15)24)27-28-20(29)32-10-18(31)25-14-7-6-11(21)8-13(14)23/h3-8H,2,9-10H2,1H3,(H,25,31)(H,26,30). The molecule has 0 saturated heterocycles. The van der Waals surface area contributed by atoms with Crippen LogP contribution in [0.5, 0.6) is 0 Å². The molecule has 1 heterocycles. The van der Waals surface area contributed by atoms with Crippen LogP contribution in [0.3, 0.4) is 0 Å². The van der Waals surface area contributed by atoms with Crippen molar-refractivity contribution in [3.05, 3.63) is 62.3 Å². The number of thioether (sulfide) groups is 1. The molecule has 0 atom stereocenters. The Morgan fingerprint density at radius 3 is 2.44 bits per heavy atom. The normalized spacial score (nSPS) is 10.8. The Bertz CT molecular complexity index is 1160. The van der Waals surface area contributed by atoms with Gasteiger partial charge in [-0.3, -0.25) is 9.59 Å². The van der Waals surface area contributed by atoms with Crippen LogP contribution in [-0.2, 0) is 22.6 Å². The van der Waals surface area contributed by atoms with E-state index in [0.29, 0.717) is 44.0 Å². The Balaban J connectivity index is 1.61. The maximum atomic E-state index is 12.5. The van der Waals surface area contributed by atoms with E-state index in [1.54, 1.807) is 41.0 Å². The van der Waals surface area contributed by atoms with Crippen LogP contribution in [0.2, 0.25) is 20.1 Å². The summed E-state index contributed by atoms with van der Waals surface area (Å²) < 4.78 is 1.77. The third kappa shape index (κ3) is 6.30. The molecular weight excluding hydrogens is 516 g/mol.